The lowest BCUT2D eigenvalue weighted by Gasteiger charge is -2.29. The molecule has 0 aromatic heterocycles. The third-order valence-electron chi connectivity index (χ3n) is 3.07. The Hall–Kier alpha value is -0.630. The van der Waals surface area contributed by atoms with Crippen molar-refractivity contribution in [2.75, 3.05) is 0 Å². The van der Waals surface area contributed by atoms with Crippen molar-refractivity contribution < 1.29 is 9.90 Å². The van der Waals surface area contributed by atoms with Gasteiger partial charge in [0.05, 0.1) is 0 Å². The Morgan fingerprint density at radius 1 is 1.53 bits per heavy atom. The molecule has 0 spiro atoms. The van der Waals surface area contributed by atoms with E-state index in [4.69, 9.17) is 0 Å². The van der Waals surface area contributed by atoms with Gasteiger partial charge in [0.15, 0.2) is 5.78 Å². The van der Waals surface area contributed by atoms with Crippen LogP contribution >= 0.6 is 0 Å². The lowest BCUT2D eigenvalue weighted by atomic mass is 9.78. The number of carbonyl (C=O) groups is 1. The van der Waals surface area contributed by atoms with Crippen molar-refractivity contribution in [1.29, 1.82) is 0 Å². The van der Waals surface area contributed by atoms with Crippen LogP contribution in [0, 0.1) is 11.3 Å². The van der Waals surface area contributed by atoms with Gasteiger partial charge >= 0.3 is 0 Å². The third-order valence-corrected chi connectivity index (χ3v) is 3.07. The number of carbonyl (C=O) groups excluding carboxylic acids is 1. The van der Waals surface area contributed by atoms with Crippen molar-refractivity contribution in [3.8, 4) is 0 Å². The molecular formula is C13H22O2. The maximum atomic E-state index is 12.0. The van der Waals surface area contributed by atoms with E-state index in [2.05, 4.69) is 13.0 Å². The van der Waals surface area contributed by atoms with Gasteiger partial charge in [-0.3, -0.25) is 4.79 Å². The Morgan fingerprint density at radius 2 is 2.13 bits per heavy atom. The lowest BCUT2D eigenvalue weighted by Crippen LogP contribution is -2.38. The highest BCUT2D eigenvalue weighted by Gasteiger charge is 2.34. The number of ketones is 1. The van der Waals surface area contributed by atoms with Crippen LogP contribution < -0.4 is 0 Å². The maximum Gasteiger partial charge on any atom is 0.165 e. The molecule has 0 amide bonds. The van der Waals surface area contributed by atoms with Crippen LogP contribution in [-0.2, 0) is 4.79 Å². The predicted molar refractivity (Wildman–Crippen MR) is 61.6 cm³/mol. The van der Waals surface area contributed by atoms with Gasteiger partial charge in [-0.15, -0.1) is 0 Å². The first-order valence-corrected chi connectivity index (χ1v) is 5.70. The molecule has 0 saturated heterocycles. The van der Waals surface area contributed by atoms with E-state index in [-0.39, 0.29) is 17.1 Å². The van der Waals surface area contributed by atoms with Crippen LogP contribution in [0.5, 0.6) is 0 Å². The average molecular weight is 210 g/mol. The summed E-state index contributed by atoms with van der Waals surface area (Å²) in [5.74, 6) is 0.0548. The van der Waals surface area contributed by atoms with E-state index in [1.807, 2.05) is 20.8 Å². The van der Waals surface area contributed by atoms with Crippen LogP contribution in [0.15, 0.2) is 11.6 Å². The monoisotopic (exact) mass is 210 g/mol. The minimum atomic E-state index is -0.826. The van der Waals surface area contributed by atoms with Gasteiger partial charge in [-0.1, -0.05) is 32.4 Å². The maximum absolute atomic E-state index is 12.0. The number of allylic oxidation sites excluding steroid dienone is 2. The highest BCUT2D eigenvalue weighted by atomic mass is 16.3. The van der Waals surface area contributed by atoms with Crippen LogP contribution in [-0.4, -0.2) is 17.0 Å². The fraction of sp³-hybridized carbons (Fsp3) is 0.769. The summed E-state index contributed by atoms with van der Waals surface area (Å²) < 4.78 is 0. The second-order valence-electron chi connectivity index (χ2n) is 5.70. The second-order valence-corrected chi connectivity index (χ2v) is 5.70. The van der Waals surface area contributed by atoms with Gasteiger partial charge in [0, 0.05) is 5.92 Å². The molecule has 2 heteroatoms. The molecule has 2 nitrogen and oxygen atoms in total. The van der Waals surface area contributed by atoms with E-state index in [1.165, 1.54) is 5.57 Å². The van der Waals surface area contributed by atoms with Crippen molar-refractivity contribution in [3.63, 3.8) is 0 Å². The highest BCUT2D eigenvalue weighted by Crippen LogP contribution is 2.29. The molecule has 1 N–H and O–H groups in total. The smallest absolute Gasteiger partial charge is 0.165 e. The van der Waals surface area contributed by atoms with Crippen LogP contribution in [0.4, 0.5) is 0 Å². The molecule has 0 fully saturated rings. The molecule has 0 aromatic rings. The van der Waals surface area contributed by atoms with Gasteiger partial charge in [-0.05, 0) is 31.6 Å². The fourth-order valence-corrected chi connectivity index (χ4v) is 2.00. The normalized spacial score (nSPS) is 24.6. The topological polar surface area (TPSA) is 37.3 Å². The van der Waals surface area contributed by atoms with E-state index < -0.39 is 6.10 Å². The Labute approximate surface area is 92.4 Å². The average Bonchev–Trinajstić information content (AvgIpc) is 2.14. The first-order valence-electron chi connectivity index (χ1n) is 5.70. The molecule has 2 atom stereocenters. The number of hydrogen-bond donors (Lipinski definition) is 1. The summed E-state index contributed by atoms with van der Waals surface area (Å²) in [6.45, 7) is 7.77. The minimum absolute atomic E-state index is 0.0231. The Morgan fingerprint density at radius 3 is 2.60 bits per heavy atom. The summed E-state index contributed by atoms with van der Waals surface area (Å²) >= 11 is 0. The van der Waals surface area contributed by atoms with Crippen LogP contribution in [0.25, 0.3) is 0 Å². The molecule has 0 radical (unpaired) electrons. The zero-order valence-electron chi connectivity index (χ0n) is 10.2. The minimum Gasteiger partial charge on any atom is -0.385 e. The summed E-state index contributed by atoms with van der Waals surface area (Å²) in [7, 11) is 0. The van der Waals surface area contributed by atoms with E-state index in [0.717, 1.165) is 19.3 Å². The summed E-state index contributed by atoms with van der Waals surface area (Å²) in [6.07, 6.45) is 4.05. The zero-order valence-corrected chi connectivity index (χ0v) is 10.2. The van der Waals surface area contributed by atoms with Gasteiger partial charge < -0.3 is 5.11 Å². The summed E-state index contributed by atoms with van der Waals surface area (Å²) in [5.41, 5.74) is 0.937. The Kier molecular flexibility index (Phi) is 3.72. The lowest BCUT2D eigenvalue weighted by molar-refractivity contribution is -0.136. The number of aliphatic hydroxyl groups is 1. The van der Waals surface area contributed by atoms with Gasteiger partial charge in [0.25, 0.3) is 0 Å². The van der Waals surface area contributed by atoms with Crippen molar-refractivity contribution in [3.05, 3.63) is 11.6 Å². The fourth-order valence-electron chi connectivity index (χ4n) is 2.00. The molecule has 0 aliphatic heterocycles. The molecule has 1 rings (SSSR count). The quantitative estimate of drug-likeness (QED) is 0.711. The van der Waals surface area contributed by atoms with E-state index >= 15 is 0 Å². The van der Waals surface area contributed by atoms with Crippen molar-refractivity contribution in [2.24, 2.45) is 11.3 Å². The number of rotatable bonds is 2. The first-order chi connectivity index (χ1) is 6.82. The van der Waals surface area contributed by atoms with Crippen molar-refractivity contribution >= 4 is 5.78 Å². The predicted octanol–water partition coefficient (Wildman–Crippen LogP) is 2.71. The molecule has 0 heterocycles. The molecule has 0 saturated carbocycles. The molecule has 1 aliphatic carbocycles. The van der Waals surface area contributed by atoms with Gasteiger partial charge in [-0.25, -0.2) is 0 Å². The SMILES string of the molecule is CC1=CCC[C@H](C(=O)[C@@H](O)C(C)(C)C)C1. The largest absolute Gasteiger partial charge is 0.385 e. The zero-order chi connectivity index (χ0) is 11.6. The molecule has 0 bridgehead atoms. The molecule has 86 valence electrons. The first kappa shape index (κ1) is 12.4. The third kappa shape index (κ3) is 3.16. The highest BCUT2D eigenvalue weighted by molar-refractivity contribution is 5.86. The number of aliphatic hydroxyl groups excluding tert-OH is 1. The molecule has 15 heavy (non-hydrogen) atoms. The van der Waals surface area contributed by atoms with Gasteiger partial charge in [0.1, 0.15) is 6.10 Å². The summed E-state index contributed by atoms with van der Waals surface area (Å²) in [4.78, 5) is 12.0. The van der Waals surface area contributed by atoms with E-state index in [9.17, 15) is 9.90 Å². The summed E-state index contributed by atoms with van der Waals surface area (Å²) in [5, 5.41) is 9.92. The Bertz CT molecular complexity index is 271. The van der Waals surface area contributed by atoms with Gasteiger partial charge in [0.2, 0.25) is 0 Å². The van der Waals surface area contributed by atoms with Gasteiger partial charge in [-0.2, -0.15) is 0 Å². The van der Waals surface area contributed by atoms with E-state index in [0.29, 0.717) is 0 Å². The van der Waals surface area contributed by atoms with E-state index in [1.54, 1.807) is 0 Å². The Balaban J connectivity index is 2.66. The van der Waals surface area contributed by atoms with Crippen molar-refractivity contribution in [1.82, 2.24) is 0 Å². The summed E-state index contributed by atoms with van der Waals surface area (Å²) in [6, 6.07) is 0. The van der Waals surface area contributed by atoms with Crippen molar-refractivity contribution in [2.45, 2.75) is 53.1 Å². The molecule has 1 aliphatic rings. The van der Waals surface area contributed by atoms with Crippen LogP contribution in [0.3, 0.4) is 0 Å². The molecular weight excluding hydrogens is 188 g/mol. The number of Topliss-reactive ketones (excluding diaryl/α,β-unsaturated/α-hetero) is 1. The molecule has 0 unspecified atom stereocenters. The second kappa shape index (κ2) is 4.48. The number of hydrogen-bond acceptors (Lipinski definition) is 2. The molecule has 0 aromatic carbocycles. The standard InChI is InChI=1S/C13H22O2/c1-9-6-5-7-10(8-9)11(14)12(15)13(2,3)4/h6,10,12,15H,5,7-8H2,1-4H3/t10-,12+/m0/s1. The van der Waals surface area contributed by atoms with Crippen LogP contribution in [0.1, 0.15) is 47.0 Å². The van der Waals surface area contributed by atoms with Crippen LogP contribution in [0.2, 0.25) is 0 Å².